The summed E-state index contributed by atoms with van der Waals surface area (Å²) < 4.78 is 11.4. The molecule has 0 aliphatic carbocycles. The first-order valence-electron chi connectivity index (χ1n) is 5.74. The van der Waals surface area contributed by atoms with E-state index in [0.717, 1.165) is 15.6 Å². The molecule has 0 bridgehead atoms. The summed E-state index contributed by atoms with van der Waals surface area (Å²) in [7, 11) is 3.20. The molecule has 5 heteroatoms. The molecule has 1 unspecified atom stereocenters. The van der Waals surface area contributed by atoms with Crippen LogP contribution in [0.3, 0.4) is 0 Å². The predicted molar refractivity (Wildman–Crippen MR) is 77.5 cm³/mol. The van der Waals surface area contributed by atoms with Crippen molar-refractivity contribution in [1.82, 2.24) is 4.98 Å². The summed E-state index contributed by atoms with van der Waals surface area (Å²) in [6, 6.07) is 7.26. The molecule has 0 saturated carbocycles. The maximum absolute atomic E-state index is 6.27. The molecule has 1 atom stereocenters. The van der Waals surface area contributed by atoms with Gasteiger partial charge in [0.1, 0.15) is 0 Å². The van der Waals surface area contributed by atoms with Crippen molar-refractivity contribution in [3.63, 3.8) is 0 Å². The monoisotopic (exact) mass is 322 g/mol. The minimum atomic E-state index is -0.275. The van der Waals surface area contributed by atoms with Gasteiger partial charge < -0.3 is 15.2 Å². The molecule has 1 aromatic heterocycles. The number of nitrogens with two attached hydrogens (primary N) is 1. The summed E-state index contributed by atoms with van der Waals surface area (Å²) in [4.78, 5) is 4.09. The Bertz CT molecular complexity index is 561. The summed E-state index contributed by atoms with van der Waals surface area (Å²) in [6.45, 7) is 0. The molecule has 0 amide bonds. The van der Waals surface area contributed by atoms with Gasteiger partial charge in [-0.25, -0.2) is 0 Å². The number of benzene rings is 1. The molecular weight excluding hydrogens is 308 g/mol. The number of halogens is 1. The largest absolute Gasteiger partial charge is 0.493 e. The van der Waals surface area contributed by atoms with E-state index in [1.54, 1.807) is 26.6 Å². The van der Waals surface area contributed by atoms with E-state index in [2.05, 4.69) is 20.9 Å². The lowest BCUT2D eigenvalue weighted by molar-refractivity contribution is 0.354. The van der Waals surface area contributed by atoms with Crippen LogP contribution in [0, 0.1) is 0 Å². The molecule has 100 valence electrons. The molecule has 0 aliphatic rings. The van der Waals surface area contributed by atoms with Crippen LogP contribution in [-0.4, -0.2) is 19.2 Å². The van der Waals surface area contributed by atoms with Crippen LogP contribution in [0.2, 0.25) is 0 Å². The van der Waals surface area contributed by atoms with Crippen molar-refractivity contribution >= 4 is 15.9 Å². The van der Waals surface area contributed by atoms with Gasteiger partial charge in [-0.05, 0) is 29.3 Å². The Kier molecular flexibility index (Phi) is 4.39. The van der Waals surface area contributed by atoms with Gasteiger partial charge in [-0.3, -0.25) is 4.98 Å². The van der Waals surface area contributed by atoms with Crippen LogP contribution < -0.4 is 15.2 Å². The standard InChI is InChI=1S/C14H15BrN2O2/c1-18-12-6-10(11(15)7-13(12)19-2)14(16)9-4-3-5-17-8-9/h3-8,14H,16H2,1-2H3. The van der Waals surface area contributed by atoms with Crippen LogP contribution >= 0.6 is 15.9 Å². The Hall–Kier alpha value is -1.59. The molecule has 1 aromatic carbocycles. The van der Waals surface area contributed by atoms with Crippen LogP contribution in [-0.2, 0) is 0 Å². The van der Waals surface area contributed by atoms with Gasteiger partial charge in [0.15, 0.2) is 11.5 Å². The smallest absolute Gasteiger partial charge is 0.161 e. The Morgan fingerprint density at radius 2 is 1.89 bits per heavy atom. The molecule has 1 heterocycles. The van der Waals surface area contributed by atoms with Gasteiger partial charge in [-0.1, -0.05) is 22.0 Å². The van der Waals surface area contributed by atoms with Gasteiger partial charge in [0.25, 0.3) is 0 Å². The lowest BCUT2D eigenvalue weighted by Gasteiger charge is -2.17. The average molecular weight is 323 g/mol. The number of aromatic nitrogens is 1. The minimum absolute atomic E-state index is 0.275. The fourth-order valence-corrected chi connectivity index (χ4v) is 2.42. The van der Waals surface area contributed by atoms with Crippen molar-refractivity contribution in [2.45, 2.75) is 6.04 Å². The zero-order valence-electron chi connectivity index (χ0n) is 10.8. The second kappa shape index (κ2) is 6.04. The van der Waals surface area contributed by atoms with Gasteiger partial charge in [0, 0.05) is 16.9 Å². The third-order valence-electron chi connectivity index (χ3n) is 2.88. The molecule has 4 nitrogen and oxygen atoms in total. The average Bonchev–Trinajstić information content (AvgIpc) is 2.47. The number of hydrogen-bond acceptors (Lipinski definition) is 4. The highest BCUT2D eigenvalue weighted by Crippen LogP contribution is 2.36. The normalized spacial score (nSPS) is 12.0. The van der Waals surface area contributed by atoms with Crippen molar-refractivity contribution in [3.8, 4) is 11.5 Å². The number of rotatable bonds is 4. The lowest BCUT2D eigenvalue weighted by atomic mass is 10.0. The van der Waals surface area contributed by atoms with Crippen molar-refractivity contribution in [3.05, 3.63) is 52.3 Å². The van der Waals surface area contributed by atoms with E-state index in [4.69, 9.17) is 15.2 Å². The zero-order chi connectivity index (χ0) is 13.8. The first kappa shape index (κ1) is 13.8. The zero-order valence-corrected chi connectivity index (χ0v) is 12.3. The van der Waals surface area contributed by atoms with Gasteiger partial charge >= 0.3 is 0 Å². The number of methoxy groups -OCH3 is 2. The first-order valence-corrected chi connectivity index (χ1v) is 6.53. The topological polar surface area (TPSA) is 57.4 Å². The second-order valence-corrected chi connectivity index (χ2v) is 4.85. The third-order valence-corrected chi connectivity index (χ3v) is 3.57. The molecular formula is C14H15BrN2O2. The van der Waals surface area contributed by atoms with E-state index in [1.165, 1.54) is 0 Å². The molecule has 2 rings (SSSR count). The summed E-state index contributed by atoms with van der Waals surface area (Å²) in [5, 5.41) is 0. The van der Waals surface area contributed by atoms with Crippen molar-refractivity contribution in [2.75, 3.05) is 14.2 Å². The number of hydrogen-bond donors (Lipinski definition) is 1. The summed E-state index contributed by atoms with van der Waals surface area (Å²) in [6.07, 6.45) is 3.48. The SMILES string of the molecule is COc1cc(Br)c(C(N)c2cccnc2)cc1OC. The van der Waals surface area contributed by atoms with Crippen molar-refractivity contribution in [2.24, 2.45) is 5.73 Å². The van der Waals surface area contributed by atoms with Crippen LogP contribution in [0.5, 0.6) is 11.5 Å². The van der Waals surface area contributed by atoms with Crippen LogP contribution in [0.1, 0.15) is 17.2 Å². The van der Waals surface area contributed by atoms with Gasteiger partial charge in [-0.15, -0.1) is 0 Å². The maximum Gasteiger partial charge on any atom is 0.161 e. The van der Waals surface area contributed by atoms with Crippen molar-refractivity contribution < 1.29 is 9.47 Å². The van der Waals surface area contributed by atoms with E-state index < -0.39 is 0 Å². The van der Waals surface area contributed by atoms with E-state index in [1.807, 2.05) is 24.3 Å². The van der Waals surface area contributed by atoms with Crippen LogP contribution in [0.4, 0.5) is 0 Å². The van der Waals surface area contributed by atoms with E-state index in [-0.39, 0.29) is 6.04 Å². The van der Waals surface area contributed by atoms with Crippen LogP contribution in [0.25, 0.3) is 0 Å². The quantitative estimate of drug-likeness (QED) is 0.940. The summed E-state index contributed by atoms with van der Waals surface area (Å²) >= 11 is 3.51. The fourth-order valence-electron chi connectivity index (χ4n) is 1.85. The van der Waals surface area contributed by atoms with Gasteiger partial charge in [0.05, 0.1) is 20.3 Å². The highest BCUT2D eigenvalue weighted by molar-refractivity contribution is 9.10. The molecule has 0 aliphatic heterocycles. The number of ether oxygens (including phenoxy) is 2. The highest BCUT2D eigenvalue weighted by atomic mass is 79.9. The molecule has 0 radical (unpaired) electrons. The summed E-state index contributed by atoms with van der Waals surface area (Å²) in [5.41, 5.74) is 8.13. The minimum Gasteiger partial charge on any atom is -0.493 e. The molecule has 2 aromatic rings. The Morgan fingerprint density at radius 1 is 1.21 bits per heavy atom. The molecule has 2 N–H and O–H groups in total. The lowest BCUT2D eigenvalue weighted by Crippen LogP contribution is -2.13. The Labute approximate surface area is 120 Å². The molecule has 0 spiro atoms. The second-order valence-electron chi connectivity index (χ2n) is 3.99. The Balaban J connectivity index is 2.45. The highest BCUT2D eigenvalue weighted by Gasteiger charge is 2.16. The molecule has 19 heavy (non-hydrogen) atoms. The molecule has 0 saturated heterocycles. The fraction of sp³-hybridized carbons (Fsp3) is 0.214. The first-order chi connectivity index (χ1) is 9.17. The predicted octanol–water partition coefficient (Wildman–Crippen LogP) is 2.91. The number of pyridine rings is 1. The van der Waals surface area contributed by atoms with E-state index in [9.17, 15) is 0 Å². The van der Waals surface area contributed by atoms with Crippen LogP contribution in [0.15, 0.2) is 41.1 Å². The maximum atomic E-state index is 6.27. The van der Waals surface area contributed by atoms with Gasteiger partial charge in [-0.2, -0.15) is 0 Å². The van der Waals surface area contributed by atoms with E-state index >= 15 is 0 Å². The van der Waals surface area contributed by atoms with Gasteiger partial charge in [0.2, 0.25) is 0 Å². The van der Waals surface area contributed by atoms with E-state index in [0.29, 0.717) is 11.5 Å². The third kappa shape index (κ3) is 2.88. The Morgan fingerprint density at radius 3 is 2.47 bits per heavy atom. The number of nitrogens with zero attached hydrogens (tertiary/aromatic N) is 1. The summed E-state index contributed by atoms with van der Waals surface area (Å²) in [5.74, 6) is 1.32. The molecule has 0 fully saturated rings. The van der Waals surface area contributed by atoms with Crippen molar-refractivity contribution in [1.29, 1.82) is 0 Å².